The van der Waals surface area contributed by atoms with Gasteiger partial charge in [0.2, 0.25) is 0 Å². The van der Waals surface area contributed by atoms with E-state index < -0.39 is 0 Å². The van der Waals surface area contributed by atoms with E-state index in [0.717, 1.165) is 42.3 Å². The highest BCUT2D eigenvalue weighted by molar-refractivity contribution is 9.10. The number of furan rings is 1. The van der Waals surface area contributed by atoms with Crippen molar-refractivity contribution in [3.8, 4) is 0 Å². The van der Waals surface area contributed by atoms with Crippen LogP contribution in [0, 0.1) is 0 Å². The largest absolute Gasteiger partial charge is 0.453 e. The first-order valence-electron chi connectivity index (χ1n) is 6.23. The molecule has 0 bridgehead atoms. The van der Waals surface area contributed by atoms with Crippen molar-refractivity contribution in [2.75, 3.05) is 13.1 Å². The van der Waals surface area contributed by atoms with Crippen molar-refractivity contribution >= 4 is 15.9 Å². The number of aromatic nitrogens is 3. The van der Waals surface area contributed by atoms with Crippen LogP contribution >= 0.6 is 15.9 Å². The van der Waals surface area contributed by atoms with E-state index in [4.69, 9.17) is 4.42 Å². The van der Waals surface area contributed by atoms with Crippen molar-refractivity contribution in [2.24, 2.45) is 7.05 Å². The lowest BCUT2D eigenvalue weighted by atomic mass is 10.3. The highest BCUT2D eigenvalue weighted by atomic mass is 79.9. The molecule has 0 unspecified atom stereocenters. The molecule has 0 saturated carbocycles. The summed E-state index contributed by atoms with van der Waals surface area (Å²) >= 11 is 3.30. The van der Waals surface area contributed by atoms with Gasteiger partial charge in [-0.1, -0.05) is 0 Å². The van der Waals surface area contributed by atoms with Gasteiger partial charge in [-0.15, -0.1) is 0 Å². The Kier molecular flexibility index (Phi) is 3.32. The molecule has 0 amide bonds. The molecule has 3 heterocycles. The molecule has 19 heavy (non-hydrogen) atoms. The van der Waals surface area contributed by atoms with E-state index in [1.54, 1.807) is 11.6 Å². The highest BCUT2D eigenvalue weighted by Gasteiger charge is 2.18. The van der Waals surface area contributed by atoms with E-state index in [-0.39, 0.29) is 5.69 Å². The molecule has 0 N–H and O–H groups in total. The molecular weight excluding hydrogens is 312 g/mol. The molecule has 1 aliphatic rings. The summed E-state index contributed by atoms with van der Waals surface area (Å²) in [6, 6.07) is 3.86. The van der Waals surface area contributed by atoms with Gasteiger partial charge in [-0.25, -0.2) is 9.48 Å². The fourth-order valence-corrected chi connectivity index (χ4v) is 2.73. The second kappa shape index (κ2) is 4.97. The Bertz CT molecular complexity index is 642. The number of halogens is 1. The van der Waals surface area contributed by atoms with Crippen molar-refractivity contribution in [1.29, 1.82) is 0 Å². The van der Waals surface area contributed by atoms with Crippen LogP contribution in [-0.2, 0) is 26.6 Å². The Morgan fingerprint density at radius 2 is 2.21 bits per heavy atom. The zero-order valence-corrected chi connectivity index (χ0v) is 12.3. The number of aryl methyl sites for hydroxylation is 1. The quantitative estimate of drug-likeness (QED) is 0.826. The molecule has 0 radical (unpaired) electrons. The Balaban J connectivity index is 1.72. The van der Waals surface area contributed by atoms with Crippen LogP contribution in [0.15, 0.2) is 26.0 Å². The van der Waals surface area contributed by atoms with E-state index in [2.05, 4.69) is 25.9 Å². The Morgan fingerprint density at radius 1 is 1.37 bits per heavy atom. The van der Waals surface area contributed by atoms with Gasteiger partial charge in [-0.3, -0.25) is 9.47 Å². The summed E-state index contributed by atoms with van der Waals surface area (Å²) in [4.78, 5) is 14.1. The van der Waals surface area contributed by atoms with E-state index >= 15 is 0 Å². The molecule has 1 aliphatic heterocycles. The SMILES string of the molecule is Cn1nc2n(c1=O)CCN(Cc1ccc(Br)o1)CC2. The van der Waals surface area contributed by atoms with Crippen LogP contribution in [0.3, 0.4) is 0 Å². The number of rotatable bonds is 2. The maximum absolute atomic E-state index is 11.9. The third kappa shape index (κ3) is 2.52. The van der Waals surface area contributed by atoms with Crippen LogP contribution in [0.1, 0.15) is 11.6 Å². The maximum Gasteiger partial charge on any atom is 0.345 e. The first kappa shape index (κ1) is 12.7. The second-order valence-corrected chi connectivity index (χ2v) is 5.49. The minimum absolute atomic E-state index is 0.0300. The fraction of sp³-hybridized carbons (Fsp3) is 0.500. The third-order valence-corrected chi connectivity index (χ3v) is 3.81. The van der Waals surface area contributed by atoms with Crippen LogP contribution in [0.5, 0.6) is 0 Å². The predicted molar refractivity (Wildman–Crippen MR) is 72.9 cm³/mol. The van der Waals surface area contributed by atoms with Crippen molar-refractivity contribution < 1.29 is 4.42 Å². The van der Waals surface area contributed by atoms with Crippen LogP contribution in [0.4, 0.5) is 0 Å². The van der Waals surface area contributed by atoms with Crippen molar-refractivity contribution in [3.05, 3.63) is 38.9 Å². The van der Waals surface area contributed by atoms with Gasteiger partial charge in [-0.05, 0) is 28.1 Å². The van der Waals surface area contributed by atoms with Crippen molar-refractivity contribution in [1.82, 2.24) is 19.2 Å². The Labute approximate surface area is 118 Å². The van der Waals surface area contributed by atoms with Crippen LogP contribution < -0.4 is 5.69 Å². The summed E-state index contributed by atoms with van der Waals surface area (Å²) < 4.78 is 9.44. The van der Waals surface area contributed by atoms with E-state index in [1.165, 1.54) is 4.68 Å². The number of fused-ring (bicyclic) bond motifs is 1. The van der Waals surface area contributed by atoms with E-state index in [0.29, 0.717) is 6.54 Å². The van der Waals surface area contributed by atoms with Gasteiger partial charge in [0, 0.05) is 33.1 Å². The van der Waals surface area contributed by atoms with Crippen LogP contribution in [0.2, 0.25) is 0 Å². The van der Waals surface area contributed by atoms with Crippen molar-refractivity contribution in [3.63, 3.8) is 0 Å². The van der Waals surface area contributed by atoms with Gasteiger partial charge in [0.15, 0.2) is 4.67 Å². The summed E-state index contributed by atoms with van der Waals surface area (Å²) in [5, 5.41) is 4.27. The second-order valence-electron chi connectivity index (χ2n) is 4.71. The third-order valence-electron chi connectivity index (χ3n) is 3.38. The minimum atomic E-state index is -0.0300. The first-order valence-corrected chi connectivity index (χ1v) is 7.02. The van der Waals surface area contributed by atoms with Gasteiger partial charge in [0.25, 0.3) is 0 Å². The zero-order valence-electron chi connectivity index (χ0n) is 10.7. The van der Waals surface area contributed by atoms with Crippen LogP contribution in [-0.4, -0.2) is 32.3 Å². The summed E-state index contributed by atoms with van der Waals surface area (Å²) in [6.07, 6.45) is 0.790. The van der Waals surface area contributed by atoms with Gasteiger partial charge in [-0.2, -0.15) is 5.10 Å². The lowest BCUT2D eigenvalue weighted by molar-refractivity contribution is 0.246. The van der Waals surface area contributed by atoms with Gasteiger partial charge in [0.1, 0.15) is 11.6 Å². The zero-order chi connectivity index (χ0) is 13.4. The summed E-state index contributed by atoms with van der Waals surface area (Å²) in [7, 11) is 1.70. The topological polar surface area (TPSA) is 56.2 Å². The molecule has 2 aromatic heterocycles. The fourth-order valence-electron chi connectivity index (χ4n) is 2.39. The average molecular weight is 327 g/mol. The molecule has 2 aromatic rings. The Hall–Kier alpha value is -1.34. The molecule has 0 aromatic carbocycles. The van der Waals surface area contributed by atoms with Crippen molar-refractivity contribution in [2.45, 2.75) is 19.5 Å². The standard InChI is InChI=1S/C12H15BrN4O2/c1-15-12(18)17-7-6-16(5-4-11(17)14-15)8-9-2-3-10(13)19-9/h2-3H,4-8H2,1H3. The molecule has 0 aliphatic carbocycles. The molecule has 102 valence electrons. The first-order chi connectivity index (χ1) is 9.13. The summed E-state index contributed by atoms with van der Waals surface area (Å²) in [6.45, 7) is 3.16. The number of hydrogen-bond acceptors (Lipinski definition) is 4. The van der Waals surface area contributed by atoms with E-state index in [9.17, 15) is 4.79 Å². The molecule has 0 spiro atoms. The molecule has 0 atom stereocenters. The molecule has 7 heteroatoms. The minimum Gasteiger partial charge on any atom is -0.453 e. The molecule has 0 fully saturated rings. The van der Waals surface area contributed by atoms with Gasteiger partial charge >= 0.3 is 5.69 Å². The smallest absolute Gasteiger partial charge is 0.345 e. The average Bonchev–Trinajstić information content (AvgIpc) is 2.82. The lowest BCUT2D eigenvalue weighted by Gasteiger charge is -2.17. The van der Waals surface area contributed by atoms with Crippen LogP contribution in [0.25, 0.3) is 0 Å². The normalized spacial score (nSPS) is 16.3. The molecule has 6 nitrogen and oxygen atoms in total. The number of nitrogens with zero attached hydrogens (tertiary/aromatic N) is 4. The highest BCUT2D eigenvalue weighted by Crippen LogP contribution is 2.16. The Morgan fingerprint density at radius 3 is 2.95 bits per heavy atom. The van der Waals surface area contributed by atoms with Gasteiger partial charge in [0.05, 0.1) is 6.54 Å². The van der Waals surface area contributed by atoms with E-state index in [1.807, 2.05) is 12.1 Å². The molecule has 3 rings (SSSR count). The summed E-state index contributed by atoms with van der Waals surface area (Å²) in [5.74, 6) is 1.80. The summed E-state index contributed by atoms with van der Waals surface area (Å²) in [5.41, 5.74) is -0.0300. The predicted octanol–water partition coefficient (Wildman–Crippen LogP) is 0.996. The molecule has 0 saturated heterocycles. The maximum atomic E-state index is 11.9. The van der Waals surface area contributed by atoms with Gasteiger partial charge < -0.3 is 4.42 Å². The lowest BCUT2D eigenvalue weighted by Crippen LogP contribution is -2.29. The molecular formula is C12H15BrN4O2. The number of hydrogen-bond donors (Lipinski definition) is 0. The monoisotopic (exact) mass is 326 g/mol.